The van der Waals surface area contributed by atoms with Crippen LogP contribution in [-0.2, 0) is 4.74 Å². The lowest BCUT2D eigenvalue weighted by molar-refractivity contribution is -0.384. The Balaban J connectivity index is 1.61. The highest BCUT2D eigenvalue weighted by Crippen LogP contribution is 2.22. The van der Waals surface area contributed by atoms with E-state index in [4.69, 9.17) is 4.74 Å². The highest BCUT2D eigenvalue weighted by Gasteiger charge is 2.24. The van der Waals surface area contributed by atoms with Gasteiger partial charge >= 0.3 is 6.09 Å². The molecule has 9 nitrogen and oxygen atoms in total. The summed E-state index contributed by atoms with van der Waals surface area (Å²) in [5.74, 6) is 0.729. The van der Waals surface area contributed by atoms with Crippen molar-refractivity contribution >= 4 is 28.6 Å². The van der Waals surface area contributed by atoms with E-state index in [1.165, 1.54) is 12.1 Å². The molecular weight excluding hydrogens is 350 g/mol. The van der Waals surface area contributed by atoms with Crippen molar-refractivity contribution in [2.24, 2.45) is 0 Å². The Labute approximate surface area is 156 Å². The quantitative estimate of drug-likeness (QED) is 0.650. The van der Waals surface area contributed by atoms with E-state index in [0.717, 1.165) is 31.7 Å². The Bertz CT molecular complexity index is 856. The molecule has 1 aromatic heterocycles. The Kier molecular flexibility index (Phi) is 5.11. The number of piperidine rings is 1. The summed E-state index contributed by atoms with van der Waals surface area (Å²) in [6.07, 6.45) is 2.79. The average Bonchev–Trinajstić information content (AvgIpc) is 2.59. The highest BCUT2D eigenvalue weighted by molar-refractivity contribution is 5.78. The second-order valence-electron chi connectivity index (χ2n) is 7.57. The van der Waals surface area contributed by atoms with Crippen molar-refractivity contribution in [2.45, 2.75) is 45.3 Å². The molecule has 0 atom stereocenters. The van der Waals surface area contributed by atoms with Crippen molar-refractivity contribution in [1.82, 2.24) is 15.3 Å². The number of hydrogen-bond donors (Lipinski definition) is 1. The number of carbonyl (C=O) groups is 1. The van der Waals surface area contributed by atoms with Gasteiger partial charge in [-0.25, -0.2) is 9.78 Å². The lowest BCUT2D eigenvalue weighted by Gasteiger charge is -2.33. The molecule has 1 aliphatic heterocycles. The highest BCUT2D eigenvalue weighted by atomic mass is 16.6. The summed E-state index contributed by atoms with van der Waals surface area (Å²) in [5, 5.41) is 13.8. The number of benzene rings is 1. The van der Waals surface area contributed by atoms with Crippen molar-refractivity contribution in [2.75, 3.05) is 18.0 Å². The molecule has 1 amide bonds. The van der Waals surface area contributed by atoms with Crippen molar-refractivity contribution in [3.63, 3.8) is 0 Å². The third-order valence-electron chi connectivity index (χ3n) is 4.26. The van der Waals surface area contributed by atoms with E-state index in [-0.39, 0.29) is 11.7 Å². The van der Waals surface area contributed by atoms with Gasteiger partial charge in [-0.3, -0.25) is 15.1 Å². The summed E-state index contributed by atoms with van der Waals surface area (Å²) in [4.78, 5) is 33.3. The molecule has 27 heavy (non-hydrogen) atoms. The number of alkyl carbamates (subject to hydrolysis) is 1. The summed E-state index contributed by atoms with van der Waals surface area (Å²) in [6.45, 7) is 6.97. The first-order valence-corrected chi connectivity index (χ1v) is 8.87. The molecule has 1 N–H and O–H groups in total. The topological polar surface area (TPSA) is 110 Å². The van der Waals surface area contributed by atoms with Gasteiger partial charge in [-0.05, 0) is 39.7 Å². The number of nitrogens with zero attached hydrogens (tertiary/aromatic N) is 4. The fraction of sp³-hybridized carbons (Fsp3) is 0.500. The number of nitro groups is 1. The molecule has 0 aliphatic carbocycles. The Morgan fingerprint density at radius 2 is 2.00 bits per heavy atom. The zero-order valence-corrected chi connectivity index (χ0v) is 15.6. The van der Waals surface area contributed by atoms with Crippen molar-refractivity contribution < 1.29 is 14.5 Å². The van der Waals surface area contributed by atoms with E-state index in [9.17, 15) is 14.9 Å². The van der Waals surface area contributed by atoms with Gasteiger partial charge in [0.2, 0.25) is 0 Å². The van der Waals surface area contributed by atoms with E-state index in [2.05, 4.69) is 20.2 Å². The number of anilines is 1. The molecule has 2 aromatic rings. The SMILES string of the molecule is CC(C)(C)OC(=O)NC1CCN(c2cnc3cc([N+](=O)[O-])ccc3n2)CC1. The van der Waals surface area contributed by atoms with Gasteiger partial charge in [-0.15, -0.1) is 0 Å². The maximum absolute atomic E-state index is 11.9. The molecule has 9 heteroatoms. The Morgan fingerprint density at radius 3 is 2.63 bits per heavy atom. The molecule has 0 radical (unpaired) electrons. The molecule has 0 saturated carbocycles. The van der Waals surface area contributed by atoms with Crippen molar-refractivity contribution in [3.8, 4) is 0 Å². The van der Waals surface area contributed by atoms with Crippen LogP contribution in [0.25, 0.3) is 11.0 Å². The summed E-state index contributed by atoms with van der Waals surface area (Å²) >= 11 is 0. The smallest absolute Gasteiger partial charge is 0.407 e. The summed E-state index contributed by atoms with van der Waals surface area (Å²) in [7, 11) is 0. The Hall–Kier alpha value is -2.97. The zero-order valence-electron chi connectivity index (χ0n) is 15.6. The fourth-order valence-corrected chi connectivity index (χ4v) is 2.98. The van der Waals surface area contributed by atoms with Crippen LogP contribution in [0.2, 0.25) is 0 Å². The summed E-state index contributed by atoms with van der Waals surface area (Å²) in [5.41, 5.74) is 0.598. The number of rotatable bonds is 3. The van der Waals surface area contributed by atoms with E-state index in [1.807, 2.05) is 20.8 Å². The van der Waals surface area contributed by atoms with Crippen LogP contribution in [0.1, 0.15) is 33.6 Å². The van der Waals surface area contributed by atoms with Gasteiger partial charge in [0.05, 0.1) is 22.2 Å². The van der Waals surface area contributed by atoms with E-state index in [1.54, 1.807) is 12.3 Å². The second kappa shape index (κ2) is 7.34. The summed E-state index contributed by atoms with van der Waals surface area (Å²) < 4.78 is 5.29. The zero-order chi connectivity index (χ0) is 19.6. The molecule has 1 aliphatic rings. The van der Waals surface area contributed by atoms with Crippen LogP contribution in [0.15, 0.2) is 24.4 Å². The standard InChI is InChI=1S/C18H23N5O4/c1-18(2,3)27-17(24)20-12-6-8-22(9-7-12)16-11-19-15-10-13(23(25)26)4-5-14(15)21-16/h4-5,10-12H,6-9H2,1-3H3,(H,20,24). The van der Waals surface area contributed by atoms with Gasteiger partial charge in [0, 0.05) is 31.3 Å². The van der Waals surface area contributed by atoms with Crippen molar-refractivity contribution in [1.29, 1.82) is 0 Å². The molecular formula is C18H23N5O4. The average molecular weight is 373 g/mol. The lowest BCUT2D eigenvalue weighted by Crippen LogP contribution is -2.46. The van der Waals surface area contributed by atoms with Crippen LogP contribution >= 0.6 is 0 Å². The minimum atomic E-state index is -0.513. The van der Waals surface area contributed by atoms with Crippen LogP contribution in [-0.4, -0.2) is 45.7 Å². The van der Waals surface area contributed by atoms with Gasteiger partial charge in [0.25, 0.3) is 5.69 Å². The van der Waals surface area contributed by atoms with Gasteiger partial charge in [-0.1, -0.05) is 0 Å². The molecule has 1 aromatic carbocycles. The molecule has 1 saturated heterocycles. The second-order valence-corrected chi connectivity index (χ2v) is 7.57. The molecule has 3 rings (SSSR count). The van der Waals surface area contributed by atoms with Gasteiger partial charge < -0.3 is 15.0 Å². The van der Waals surface area contributed by atoms with Gasteiger partial charge in [-0.2, -0.15) is 0 Å². The number of nitro benzene ring substituents is 1. The van der Waals surface area contributed by atoms with Crippen LogP contribution in [0.4, 0.5) is 16.3 Å². The monoisotopic (exact) mass is 373 g/mol. The maximum Gasteiger partial charge on any atom is 0.407 e. The summed E-state index contributed by atoms with van der Waals surface area (Å²) in [6, 6.07) is 4.52. The number of ether oxygens (including phenoxy) is 1. The first-order valence-electron chi connectivity index (χ1n) is 8.87. The molecule has 2 heterocycles. The van der Waals surface area contributed by atoms with Crippen molar-refractivity contribution in [3.05, 3.63) is 34.5 Å². The Morgan fingerprint density at radius 1 is 1.30 bits per heavy atom. The van der Waals surface area contributed by atoms with E-state index < -0.39 is 16.6 Å². The number of hydrogen-bond acceptors (Lipinski definition) is 7. The number of carbonyl (C=O) groups excluding carboxylic acids is 1. The van der Waals surface area contributed by atoms with E-state index in [0.29, 0.717) is 11.0 Å². The van der Waals surface area contributed by atoms with Gasteiger partial charge in [0.1, 0.15) is 11.4 Å². The fourth-order valence-electron chi connectivity index (χ4n) is 2.98. The lowest BCUT2D eigenvalue weighted by atomic mass is 10.1. The molecule has 0 bridgehead atoms. The molecule has 0 unspecified atom stereocenters. The third kappa shape index (κ3) is 4.81. The number of nitrogens with one attached hydrogen (secondary N) is 1. The van der Waals surface area contributed by atoms with Gasteiger partial charge in [0.15, 0.2) is 0 Å². The first kappa shape index (κ1) is 18.8. The number of fused-ring (bicyclic) bond motifs is 1. The van der Waals surface area contributed by atoms with Crippen LogP contribution in [0.5, 0.6) is 0 Å². The predicted molar refractivity (Wildman–Crippen MR) is 101 cm³/mol. The largest absolute Gasteiger partial charge is 0.444 e. The molecule has 0 spiro atoms. The van der Waals surface area contributed by atoms with Crippen LogP contribution in [0.3, 0.4) is 0 Å². The molecule has 1 fully saturated rings. The number of amides is 1. The number of aromatic nitrogens is 2. The molecule has 144 valence electrons. The minimum absolute atomic E-state index is 0.00131. The van der Waals surface area contributed by atoms with E-state index >= 15 is 0 Å². The van der Waals surface area contributed by atoms with Crippen LogP contribution < -0.4 is 10.2 Å². The third-order valence-corrected chi connectivity index (χ3v) is 4.26. The number of non-ortho nitro benzene ring substituents is 1. The first-order chi connectivity index (χ1) is 12.7. The predicted octanol–water partition coefficient (Wildman–Crippen LogP) is 3.03. The van der Waals surface area contributed by atoms with Crippen LogP contribution in [0, 0.1) is 10.1 Å². The maximum atomic E-state index is 11.9. The minimum Gasteiger partial charge on any atom is -0.444 e. The normalized spacial score (nSPS) is 15.6.